The van der Waals surface area contributed by atoms with Crippen LogP contribution in [0.2, 0.25) is 10.0 Å². The summed E-state index contributed by atoms with van der Waals surface area (Å²) in [5.74, 6) is 0.376. The summed E-state index contributed by atoms with van der Waals surface area (Å²) in [4.78, 5) is 3.84. The first-order valence-electron chi connectivity index (χ1n) is 5.57. The van der Waals surface area contributed by atoms with E-state index in [2.05, 4.69) is 15.5 Å². The van der Waals surface area contributed by atoms with Gasteiger partial charge in [0.2, 0.25) is 0 Å². The average Bonchev–Trinajstić information content (AvgIpc) is 2.44. The number of nitrogens with zero attached hydrogens (tertiary/aromatic N) is 2. The van der Waals surface area contributed by atoms with Crippen molar-refractivity contribution in [3.05, 3.63) is 46.2 Å². The van der Waals surface area contributed by atoms with Gasteiger partial charge in [0, 0.05) is 18.0 Å². The molecule has 0 atom stereocenters. The average molecular weight is 312 g/mol. The van der Waals surface area contributed by atoms with Crippen LogP contribution in [-0.4, -0.2) is 23.4 Å². The van der Waals surface area contributed by atoms with Crippen LogP contribution >= 0.6 is 23.2 Å². The predicted molar refractivity (Wildman–Crippen MR) is 80.1 cm³/mol. The molecule has 0 aliphatic carbocycles. The quantitative estimate of drug-likeness (QED) is 0.669. The summed E-state index contributed by atoms with van der Waals surface area (Å²) in [6.45, 7) is 0. The van der Waals surface area contributed by atoms with Crippen molar-refractivity contribution in [3.63, 3.8) is 0 Å². The van der Waals surface area contributed by atoms with Crippen LogP contribution in [0.1, 0.15) is 5.56 Å². The van der Waals surface area contributed by atoms with Crippen LogP contribution < -0.4 is 10.2 Å². The Morgan fingerprint density at radius 2 is 2.00 bits per heavy atom. The first-order valence-corrected chi connectivity index (χ1v) is 6.33. The highest BCUT2D eigenvalue weighted by atomic mass is 35.5. The van der Waals surface area contributed by atoms with Crippen molar-refractivity contribution >= 4 is 35.1 Å². The molecule has 7 heteroatoms. The van der Waals surface area contributed by atoms with Gasteiger partial charge in [0.05, 0.1) is 29.1 Å². The van der Waals surface area contributed by atoms with Gasteiger partial charge in [0.15, 0.2) is 11.5 Å². The fourth-order valence-corrected chi connectivity index (χ4v) is 1.94. The number of rotatable bonds is 4. The van der Waals surface area contributed by atoms with Gasteiger partial charge in [-0.2, -0.15) is 5.10 Å². The second-order valence-corrected chi connectivity index (χ2v) is 4.56. The number of ether oxygens (including phenoxy) is 1. The van der Waals surface area contributed by atoms with Crippen LogP contribution in [0.25, 0.3) is 0 Å². The summed E-state index contributed by atoms with van der Waals surface area (Å²) >= 11 is 11.9. The molecule has 0 aliphatic rings. The van der Waals surface area contributed by atoms with E-state index < -0.39 is 0 Å². The first kappa shape index (κ1) is 14.4. The van der Waals surface area contributed by atoms with Crippen molar-refractivity contribution in [2.24, 2.45) is 5.10 Å². The monoisotopic (exact) mass is 311 g/mol. The minimum absolute atomic E-state index is 0.00692. The number of hydrogen-bond donors (Lipinski definition) is 2. The second-order valence-electron chi connectivity index (χ2n) is 3.75. The number of halogens is 2. The van der Waals surface area contributed by atoms with E-state index in [1.54, 1.807) is 18.2 Å². The molecular weight excluding hydrogens is 301 g/mol. The molecule has 1 aromatic heterocycles. The zero-order valence-electron chi connectivity index (χ0n) is 10.5. The minimum atomic E-state index is 0.00692. The molecule has 2 aromatic rings. The van der Waals surface area contributed by atoms with Crippen molar-refractivity contribution in [1.29, 1.82) is 0 Å². The van der Waals surface area contributed by atoms with Crippen LogP contribution in [0.4, 0.5) is 5.69 Å². The van der Waals surface area contributed by atoms with Gasteiger partial charge in [-0.05, 0) is 12.1 Å². The lowest BCUT2D eigenvalue weighted by atomic mass is 10.2. The second kappa shape index (κ2) is 6.45. The van der Waals surface area contributed by atoms with E-state index in [0.717, 1.165) is 0 Å². The number of aromatic hydroxyl groups is 1. The summed E-state index contributed by atoms with van der Waals surface area (Å²) in [5, 5.41) is 14.6. The van der Waals surface area contributed by atoms with Gasteiger partial charge in [0.25, 0.3) is 0 Å². The molecule has 0 saturated heterocycles. The SMILES string of the molecule is COc1cccc(C=NNc2c(Cl)cncc2Cl)c1O. The third-order valence-electron chi connectivity index (χ3n) is 2.48. The van der Waals surface area contributed by atoms with Crippen LogP contribution in [-0.2, 0) is 0 Å². The normalized spacial score (nSPS) is 10.8. The van der Waals surface area contributed by atoms with Gasteiger partial charge in [-0.25, -0.2) is 0 Å². The Bertz CT molecular complexity index is 627. The van der Waals surface area contributed by atoms with Gasteiger partial charge in [-0.1, -0.05) is 29.3 Å². The van der Waals surface area contributed by atoms with Crippen molar-refractivity contribution in [1.82, 2.24) is 4.98 Å². The summed E-state index contributed by atoms with van der Waals surface area (Å²) in [6.07, 6.45) is 4.34. The Morgan fingerprint density at radius 1 is 1.30 bits per heavy atom. The Kier molecular flexibility index (Phi) is 4.65. The molecule has 0 amide bonds. The van der Waals surface area contributed by atoms with Crippen LogP contribution in [0.3, 0.4) is 0 Å². The third kappa shape index (κ3) is 3.12. The zero-order valence-corrected chi connectivity index (χ0v) is 12.0. The molecule has 0 bridgehead atoms. The molecule has 0 fully saturated rings. The van der Waals surface area contributed by atoms with E-state index in [0.29, 0.717) is 27.0 Å². The smallest absolute Gasteiger partial charge is 0.166 e. The Balaban J connectivity index is 2.19. The molecule has 0 radical (unpaired) electrons. The van der Waals surface area contributed by atoms with Crippen molar-refractivity contribution < 1.29 is 9.84 Å². The highest BCUT2D eigenvalue weighted by Gasteiger charge is 2.06. The fraction of sp³-hybridized carbons (Fsp3) is 0.0769. The molecule has 0 aliphatic heterocycles. The Hall–Kier alpha value is -1.98. The zero-order chi connectivity index (χ0) is 14.5. The number of nitrogens with one attached hydrogen (secondary N) is 1. The highest BCUT2D eigenvalue weighted by molar-refractivity contribution is 6.38. The third-order valence-corrected chi connectivity index (χ3v) is 3.06. The van der Waals surface area contributed by atoms with Crippen molar-refractivity contribution in [2.45, 2.75) is 0 Å². The number of anilines is 1. The number of hydrazone groups is 1. The molecule has 0 spiro atoms. The van der Waals surface area contributed by atoms with Gasteiger partial charge < -0.3 is 9.84 Å². The Morgan fingerprint density at radius 3 is 2.65 bits per heavy atom. The number of para-hydroxylation sites is 1. The van der Waals surface area contributed by atoms with E-state index in [4.69, 9.17) is 27.9 Å². The minimum Gasteiger partial charge on any atom is -0.504 e. The number of methoxy groups -OCH3 is 1. The standard InChI is InChI=1S/C13H11Cl2N3O2/c1-20-11-4-2-3-8(13(11)19)5-17-18-12-9(14)6-16-7-10(12)15/h2-7,19H,1H3,(H,16,18). The van der Waals surface area contributed by atoms with Crippen LogP contribution in [0.5, 0.6) is 11.5 Å². The summed E-state index contributed by atoms with van der Waals surface area (Å²) in [5.41, 5.74) is 3.65. The largest absolute Gasteiger partial charge is 0.504 e. The van der Waals surface area contributed by atoms with E-state index >= 15 is 0 Å². The number of hydrogen-bond acceptors (Lipinski definition) is 5. The van der Waals surface area contributed by atoms with Crippen LogP contribution in [0, 0.1) is 0 Å². The van der Waals surface area contributed by atoms with Crippen LogP contribution in [0.15, 0.2) is 35.7 Å². The maximum absolute atomic E-state index is 9.89. The molecule has 104 valence electrons. The molecule has 2 rings (SSSR count). The molecule has 1 aromatic carbocycles. The van der Waals surface area contributed by atoms with Gasteiger partial charge in [-0.3, -0.25) is 10.4 Å². The van der Waals surface area contributed by atoms with Crippen molar-refractivity contribution in [2.75, 3.05) is 12.5 Å². The molecule has 0 unspecified atom stereocenters. The lowest BCUT2D eigenvalue weighted by molar-refractivity contribution is 0.373. The number of pyridine rings is 1. The summed E-state index contributed by atoms with van der Waals surface area (Å²) < 4.78 is 5.01. The molecule has 2 N–H and O–H groups in total. The van der Waals surface area contributed by atoms with Crippen molar-refractivity contribution in [3.8, 4) is 11.5 Å². The molecule has 20 heavy (non-hydrogen) atoms. The number of benzene rings is 1. The number of phenolic OH excluding ortho intramolecular Hbond substituents is 1. The fourth-order valence-electron chi connectivity index (χ4n) is 1.49. The summed E-state index contributed by atoms with van der Waals surface area (Å²) in [6, 6.07) is 5.09. The lowest BCUT2D eigenvalue weighted by Crippen LogP contribution is -1.94. The maximum atomic E-state index is 9.89. The highest BCUT2D eigenvalue weighted by Crippen LogP contribution is 2.30. The van der Waals surface area contributed by atoms with Gasteiger partial charge in [0.1, 0.15) is 0 Å². The topological polar surface area (TPSA) is 66.7 Å². The molecule has 5 nitrogen and oxygen atoms in total. The summed E-state index contributed by atoms with van der Waals surface area (Å²) in [7, 11) is 1.48. The molecule has 1 heterocycles. The Labute approximate surface area is 125 Å². The number of phenols is 1. The lowest BCUT2D eigenvalue weighted by Gasteiger charge is -2.06. The van der Waals surface area contributed by atoms with Gasteiger partial charge >= 0.3 is 0 Å². The molecular formula is C13H11Cl2N3O2. The molecule has 0 saturated carbocycles. The van der Waals surface area contributed by atoms with E-state index in [1.807, 2.05) is 0 Å². The van der Waals surface area contributed by atoms with Gasteiger partial charge in [-0.15, -0.1) is 0 Å². The van der Waals surface area contributed by atoms with E-state index in [1.165, 1.54) is 25.7 Å². The maximum Gasteiger partial charge on any atom is 0.166 e. The number of aromatic nitrogens is 1. The first-order chi connectivity index (χ1) is 9.63. The van der Waals surface area contributed by atoms with E-state index in [9.17, 15) is 5.11 Å². The predicted octanol–water partition coefficient (Wildman–Crippen LogP) is 3.55. The van der Waals surface area contributed by atoms with E-state index in [-0.39, 0.29) is 5.75 Å².